The Labute approximate surface area is 351 Å². The molecule has 276 valence electrons. The number of halogens is 4. The van der Waals surface area contributed by atoms with Gasteiger partial charge in [-0.3, -0.25) is 0 Å². The third-order valence-electron chi connectivity index (χ3n) is 11.5. The van der Waals surface area contributed by atoms with Gasteiger partial charge in [0.25, 0.3) is 0 Å². The van der Waals surface area contributed by atoms with Gasteiger partial charge in [0.15, 0.2) is 14.3 Å². The molecule has 0 unspecified atom stereocenters. The number of rotatable bonds is 6. The van der Waals surface area contributed by atoms with Crippen LogP contribution in [0.15, 0.2) is 182 Å². The van der Waals surface area contributed by atoms with Gasteiger partial charge in [0, 0.05) is 51.9 Å². The van der Waals surface area contributed by atoms with Gasteiger partial charge in [-0.15, -0.1) is 0 Å². The highest BCUT2D eigenvalue weighted by atomic mass is 35.5. The quantitative estimate of drug-likeness (QED) is 0.156. The van der Waals surface area contributed by atoms with Crippen molar-refractivity contribution >= 4 is 92.5 Å². The summed E-state index contributed by atoms with van der Waals surface area (Å²) in [5, 5.41) is 6.30. The number of fused-ring (bicyclic) bond motifs is 10. The van der Waals surface area contributed by atoms with Gasteiger partial charge in [-0.2, -0.15) is 0 Å². The number of benzene rings is 8. The van der Waals surface area contributed by atoms with Crippen LogP contribution in [0.5, 0.6) is 0 Å². The minimum atomic E-state index is -3.48. The second-order valence-electron chi connectivity index (χ2n) is 14.4. The Bertz CT molecular complexity index is 2690. The first-order valence-corrected chi connectivity index (χ1v) is 23.3. The molecule has 0 saturated heterocycles. The van der Waals surface area contributed by atoms with Crippen molar-refractivity contribution in [2.24, 2.45) is 0 Å². The van der Waals surface area contributed by atoms with Gasteiger partial charge < -0.3 is 9.13 Å². The van der Waals surface area contributed by atoms with E-state index in [1.807, 2.05) is 60.7 Å². The first kappa shape index (κ1) is 36.7. The summed E-state index contributed by atoms with van der Waals surface area (Å²) in [7, 11) is -6.95. The van der Waals surface area contributed by atoms with Gasteiger partial charge in [0.05, 0.1) is 5.41 Å². The monoisotopic (exact) mass is 852 g/mol. The molecule has 8 heteroatoms. The normalized spacial score (nSPS) is 13.5. The zero-order valence-electron chi connectivity index (χ0n) is 30.0. The predicted molar refractivity (Wildman–Crippen MR) is 242 cm³/mol. The summed E-state index contributed by atoms with van der Waals surface area (Å²) in [4.78, 5) is 0. The van der Waals surface area contributed by atoms with Crippen LogP contribution in [0.4, 0.5) is 0 Å². The van der Waals surface area contributed by atoms with Crippen LogP contribution in [-0.2, 0) is 14.5 Å². The van der Waals surface area contributed by atoms with E-state index in [9.17, 15) is 0 Å². The molecule has 8 aromatic rings. The Balaban J connectivity index is 1.28. The van der Waals surface area contributed by atoms with Crippen molar-refractivity contribution in [1.29, 1.82) is 0 Å². The molecule has 0 saturated carbocycles. The Hall–Kier alpha value is -4.62. The lowest BCUT2D eigenvalue weighted by atomic mass is 9.70. The van der Waals surface area contributed by atoms with E-state index in [0.29, 0.717) is 51.9 Å². The summed E-state index contributed by atoms with van der Waals surface area (Å²) in [5.41, 5.74) is 7.74. The zero-order valence-corrected chi connectivity index (χ0v) is 34.9. The fourth-order valence-electron chi connectivity index (χ4n) is 9.01. The van der Waals surface area contributed by atoms with E-state index in [2.05, 4.69) is 72.8 Å². The molecule has 0 amide bonds. The van der Waals surface area contributed by atoms with Crippen LogP contribution in [0, 0.1) is 0 Å². The molecule has 0 atom stereocenters. The number of hydrogen-bond acceptors (Lipinski definition) is 2. The van der Waals surface area contributed by atoms with E-state index in [-0.39, 0.29) is 0 Å². The Morgan fingerprint density at radius 2 is 0.561 bits per heavy atom. The highest BCUT2D eigenvalue weighted by Gasteiger charge is 2.52. The first-order valence-electron chi connectivity index (χ1n) is 18.4. The lowest BCUT2D eigenvalue weighted by Crippen LogP contribution is -2.31. The number of hydrogen-bond donors (Lipinski definition) is 0. The van der Waals surface area contributed by atoms with Gasteiger partial charge in [-0.05, 0) is 154 Å². The van der Waals surface area contributed by atoms with Crippen molar-refractivity contribution in [3.63, 3.8) is 0 Å². The minimum absolute atomic E-state index is 0.564. The second kappa shape index (κ2) is 13.8. The smallest absolute Gasteiger partial charge is 0.171 e. The first-order chi connectivity index (χ1) is 27.6. The second-order valence-corrected chi connectivity index (χ2v) is 21.7. The van der Waals surface area contributed by atoms with Crippen LogP contribution in [0.3, 0.4) is 0 Å². The molecule has 0 aromatic heterocycles. The summed E-state index contributed by atoms with van der Waals surface area (Å²) in [6, 6.07) is 58.7. The average Bonchev–Trinajstić information content (AvgIpc) is 3.71. The molecule has 2 nitrogen and oxygen atoms in total. The highest BCUT2D eigenvalue weighted by Crippen LogP contribution is 2.63. The van der Waals surface area contributed by atoms with Crippen molar-refractivity contribution in [3.05, 3.63) is 224 Å². The van der Waals surface area contributed by atoms with E-state index in [1.165, 1.54) is 0 Å². The maximum Gasteiger partial charge on any atom is 0.171 e. The van der Waals surface area contributed by atoms with Gasteiger partial charge in [-0.25, -0.2) is 0 Å². The van der Waals surface area contributed by atoms with Crippen LogP contribution >= 0.6 is 60.7 Å². The van der Waals surface area contributed by atoms with Gasteiger partial charge in [0.1, 0.15) is 0 Å². The van der Waals surface area contributed by atoms with Crippen molar-refractivity contribution in [3.8, 4) is 22.3 Å². The molecule has 8 aromatic carbocycles. The van der Waals surface area contributed by atoms with E-state index in [0.717, 1.165) is 44.5 Å². The molecule has 0 radical (unpaired) electrons. The maximum atomic E-state index is 16.0. The van der Waals surface area contributed by atoms with Crippen LogP contribution in [0.1, 0.15) is 22.3 Å². The molecule has 0 bridgehead atoms. The summed E-state index contributed by atoms with van der Waals surface area (Å²) in [6.45, 7) is 0. The van der Waals surface area contributed by atoms with E-state index < -0.39 is 19.7 Å². The van der Waals surface area contributed by atoms with Gasteiger partial charge in [0.2, 0.25) is 0 Å². The van der Waals surface area contributed by atoms with Crippen LogP contribution < -0.4 is 31.8 Å². The van der Waals surface area contributed by atoms with Crippen molar-refractivity contribution in [1.82, 2.24) is 0 Å². The van der Waals surface area contributed by atoms with Crippen molar-refractivity contribution in [2.45, 2.75) is 5.41 Å². The third-order valence-corrected chi connectivity index (χ3v) is 18.7. The Kier molecular flexibility index (Phi) is 8.86. The molecule has 0 N–H and O–H groups in total. The maximum absolute atomic E-state index is 16.0. The van der Waals surface area contributed by atoms with Crippen LogP contribution in [-0.4, -0.2) is 0 Å². The van der Waals surface area contributed by atoms with E-state index in [4.69, 9.17) is 46.4 Å². The van der Waals surface area contributed by atoms with E-state index >= 15 is 9.13 Å². The summed E-state index contributed by atoms with van der Waals surface area (Å²) in [5.74, 6) is 0. The van der Waals surface area contributed by atoms with E-state index in [1.54, 1.807) is 48.5 Å². The largest absolute Gasteiger partial charge is 0.309 e. The molecule has 1 spiro atoms. The average molecular weight is 855 g/mol. The van der Waals surface area contributed by atoms with Crippen molar-refractivity contribution in [2.75, 3.05) is 0 Å². The molecule has 0 aliphatic heterocycles. The van der Waals surface area contributed by atoms with Gasteiger partial charge in [-0.1, -0.05) is 119 Å². The standard InChI is InChI=1S/C49H30Cl4O2P2/c50-31-9-17-35(18-10-31)56(54,36-19-11-32(51)12-20-36)39-25-27-43-44-28-26-40(57(55,37-21-13-33(52)14-22-37)38-23-15-34(53)16-24-38)30-48(44)49(47(43)29-39)45-7-3-1-5-41(45)42-6-2-4-8-46(42)49/h1-30H. The molecule has 2 aliphatic rings. The Morgan fingerprint density at radius 1 is 0.298 bits per heavy atom. The molecular weight excluding hydrogens is 824 g/mol. The molecule has 57 heavy (non-hydrogen) atoms. The van der Waals surface area contributed by atoms with Crippen molar-refractivity contribution < 1.29 is 9.13 Å². The zero-order chi connectivity index (χ0) is 39.1. The fourth-order valence-corrected chi connectivity index (χ4v) is 14.8. The lowest BCUT2D eigenvalue weighted by molar-refractivity contribution is 0.591. The highest BCUT2D eigenvalue weighted by molar-refractivity contribution is 7.85. The molecule has 10 rings (SSSR count). The third kappa shape index (κ3) is 5.47. The summed E-state index contributed by atoms with van der Waals surface area (Å²) in [6.07, 6.45) is 0. The van der Waals surface area contributed by atoms with Crippen LogP contribution in [0.2, 0.25) is 20.1 Å². The van der Waals surface area contributed by atoms with Crippen LogP contribution in [0.25, 0.3) is 22.3 Å². The minimum Gasteiger partial charge on any atom is -0.309 e. The topological polar surface area (TPSA) is 34.1 Å². The molecule has 0 heterocycles. The molecular formula is C49H30Cl4O2P2. The van der Waals surface area contributed by atoms with Gasteiger partial charge >= 0.3 is 0 Å². The summed E-state index contributed by atoms with van der Waals surface area (Å²) >= 11 is 25.5. The predicted octanol–water partition coefficient (Wildman–Crippen LogP) is 11.9. The lowest BCUT2D eigenvalue weighted by Gasteiger charge is -2.32. The SMILES string of the molecule is O=P(c1ccc(Cl)cc1)(c1ccc(Cl)cc1)c1ccc2c(c1)C1(c3ccccc3-c3ccccc31)c1cc(P(=O)(c3ccc(Cl)cc3)c3ccc(Cl)cc3)ccc1-2. The molecule has 0 fully saturated rings. The fraction of sp³-hybridized carbons (Fsp3) is 0.0204. The molecule has 2 aliphatic carbocycles. The summed E-state index contributed by atoms with van der Waals surface area (Å²) < 4.78 is 32.0. The Morgan fingerprint density at radius 3 is 0.877 bits per heavy atom.